The maximum absolute atomic E-state index is 11.9. The third-order valence-corrected chi connectivity index (χ3v) is 4.61. The Labute approximate surface area is 129 Å². The molecule has 1 aliphatic rings. The molecule has 0 atom stereocenters. The van der Waals surface area contributed by atoms with E-state index in [0.717, 1.165) is 12.8 Å². The number of carbonyl (C=O) groups is 2. The number of nitrogens with one attached hydrogen (secondary N) is 2. The van der Waals surface area contributed by atoms with Gasteiger partial charge in [-0.15, -0.1) is 0 Å². The van der Waals surface area contributed by atoms with Crippen molar-refractivity contribution >= 4 is 45.2 Å². The fourth-order valence-corrected chi connectivity index (χ4v) is 2.82. The van der Waals surface area contributed by atoms with Crippen molar-refractivity contribution < 1.29 is 14.7 Å². The van der Waals surface area contributed by atoms with Gasteiger partial charge in [-0.05, 0) is 47.0 Å². The van der Waals surface area contributed by atoms with Gasteiger partial charge in [0, 0.05) is 10.2 Å². The number of hydrogen-bond acceptors (Lipinski definition) is 2. The second-order valence-corrected chi connectivity index (χ2v) is 6.06. The number of rotatable bonds is 3. The molecule has 0 aromatic heterocycles. The topological polar surface area (TPSA) is 78.4 Å². The van der Waals surface area contributed by atoms with Crippen LogP contribution in [0.2, 0.25) is 5.02 Å². The summed E-state index contributed by atoms with van der Waals surface area (Å²) in [5.74, 6) is -0.984. The molecule has 108 valence electrons. The van der Waals surface area contributed by atoms with Crippen molar-refractivity contribution in [2.75, 3.05) is 5.32 Å². The summed E-state index contributed by atoms with van der Waals surface area (Å²) in [6.45, 7) is 0. The zero-order chi connectivity index (χ0) is 14.8. The molecule has 2 amide bonds. The number of aliphatic carboxylic acids is 1. The maximum atomic E-state index is 11.9. The molecule has 1 saturated carbocycles. The van der Waals surface area contributed by atoms with Gasteiger partial charge in [0.15, 0.2) is 0 Å². The van der Waals surface area contributed by atoms with E-state index < -0.39 is 17.5 Å². The van der Waals surface area contributed by atoms with Gasteiger partial charge in [0.05, 0.1) is 5.02 Å². The van der Waals surface area contributed by atoms with Crippen LogP contribution in [0.15, 0.2) is 22.7 Å². The maximum Gasteiger partial charge on any atom is 0.329 e. The number of carbonyl (C=O) groups excluding carboxylic acids is 1. The van der Waals surface area contributed by atoms with Crippen molar-refractivity contribution in [1.82, 2.24) is 5.32 Å². The molecule has 1 aromatic carbocycles. The standard InChI is InChI=1S/C13H14BrClN2O3/c14-9-7-8(3-4-10(9)15)16-12(20)17-13(11(18)19)5-1-2-6-13/h3-4,7H,1-2,5-6H2,(H,18,19)(H2,16,17,20). The highest BCUT2D eigenvalue weighted by Gasteiger charge is 2.42. The molecule has 0 spiro atoms. The molecule has 3 N–H and O–H groups in total. The first-order chi connectivity index (χ1) is 9.43. The number of carboxylic acids is 1. The lowest BCUT2D eigenvalue weighted by atomic mass is 9.98. The average molecular weight is 362 g/mol. The largest absolute Gasteiger partial charge is 0.480 e. The van der Waals surface area contributed by atoms with Crippen LogP contribution in [0.4, 0.5) is 10.5 Å². The van der Waals surface area contributed by atoms with Crippen LogP contribution in [0, 0.1) is 0 Å². The van der Waals surface area contributed by atoms with Crippen LogP contribution in [0.25, 0.3) is 0 Å². The predicted octanol–water partition coefficient (Wildman–Crippen LogP) is 3.62. The Morgan fingerprint density at radius 1 is 1.30 bits per heavy atom. The zero-order valence-corrected chi connectivity index (χ0v) is 12.9. The molecule has 0 unspecified atom stereocenters. The third-order valence-electron chi connectivity index (χ3n) is 3.40. The first-order valence-corrected chi connectivity index (χ1v) is 7.38. The number of urea groups is 1. The van der Waals surface area contributed by atoms with Crippen molar-refractivity contribution in [3.05, 3.63) is 27.7 Å². The van der Waals surface area contributed by atoms with E-state index in [0.29, 0.717) is 28.0 Å². The van der Waals surface area contributed by atoms with E-state index in [9.17, 15) is 14.7 Å². The summed E-state index contributed by atoms with van der Waals surface area (Å²) in [4.78, 5) is 23.3. The molecule has 0 aliphatic heterocycles. The Kier molecular flexibility index (Phi) is 4.55. The predicted molar refractivity (Wildman–Crippen MR) is 80.1 cm³/mol. The monoisotopic (exact) mass is 360 g/mol. The Morgan fingerprint density at radius 3 is 2.50 bits per heavy atom. The molecule has 0 heterocycles. The van der Waals surface area contributed by atoms with Crippen molar-refractivity contribution in [3.8, 4) is 0 Å². The molecule has 0 radical (unpaired) electrons. The van der Waals surface area contributed by atoms with Gasteiger partial charge >= 0.3 is 12.0 Å². The SMILES string of the molecule is O=C(Nc1ccc(Cl)c(Br)c1)NC1(C(=O)O)CCCC1. The molecule has 20 heavy (non-hydrogen) atoms. The Hall–Kier alpha value is -1.27. The van der Waals surface area contributed by atoms with Gasteiger partial charge in [-0.1, -0.05) is 24.4 Å². The second kappa shape index (κ2) is 6.01. The molecular formula is C13H14BrClN2O3. The molecule has 0 bridgehead atoms. The summed E-state index contributed by atoms with van der Waals surface area (Å²) in [7, 11) is 0. The lowest BCUT2D eigenvalue weighted by molar-refractivity contribution is -0.144. The molecule has 2 rings (SSSR count). The summed E-state index contributed by atoms with van der Waals surface area (Å²) >= 11 is 9.13. The van der Waals surface area contributed by atoms with Crippen LogP contribution in [0.1, 0.15) is 25.7 Å². The van der Waals surface area contributed by atoms with E-state index in [2.05, 4.69) is 26.6 Å². The summed E-state index contributed by atoms with van der Waals surface area (Å²) in [5, 5.41) is 15.0. The molecule has 0 saturated heterocycles. The number of hydrogen-bond donors (Lipinski definition) is 3. The summed E-state index contributed by atoms with van der Waals surface area (Å²) < 4.78 is 0.658. The van der Waals surface area contributed by atoms with Gasteiger partial charge in [-0.25, -0.2) is 9.59 Å². The van der Waals surface area contributed by atoms with E-state index in [4.69, 9.17) is 11.6 Å². The van der Waals surface area contributed by atoms with E-state index in [-0.39, 0.29) is 0 Å². The van der Waals surface area contributed by atoms with Crippen LogP contribution < -0.4 is 10.6 Å². The van der Waals surface area contributed by atoms with Crippen molar-refractivity contribution in [2.24, 2.45) is 0 Å². The number of anilines is 1. The first kappa shape index (κ1) is 15.1. The van der Waals surface area contributed by atoms with Crippen LogP contribution in [0.5, 0.6) is 0 Å². The molecule has 1 aliphatic carbocycles. The van der Waals surface area contributed by atoms with Gasteiger partial charge in [0.25, 0.3) is 0 Å². The first-order valence-electron chi connectivity index (χ1n) is 6.20. The van der Waals surface area contributed by atoms with Gasteiger partial charge in [-0.2, -0.15) is 0 Å². The lowest BCUT2D eigenvalue weighted by Crippen LogP contribution is -2.53. The third kappa shape index (κ3) is 3.24. The minimum absolute atomic E-state index is 0.458. The van der Waals surface area contributed by atoms with Gasteiger partial charge in [-0.3, -0.25) is 0 Å². The highest BCUT2D eigenvalue weighted by molar-refractivity contribution is 9.10. The van der Waals surface area contributed by atoms with Gasteiger partial charge < -0.3 is 15.7 Å². The molecule has 7 heteroatoms. The summed E-state index contributed by atoms with van der Waals surface area (Å²) in [5.41, 5.74) is -0.606. The zero-order valence-electron chi connectivity index (χ0n) is 10.6. The summed E-state index contributed by atoms with van der Waals surface area (Å²) in [6, 6.07) is 4.42. The minimum atomic E-state index is -1.15. The Morgan fingerprint density at radius 2 is 1.95 bits per heavy atom. The number of benzene rings is 1. The second-order valence-electron chi connectivity index (χ2n) is 4.80. The molecule has 1 aromatic rings. The highest BCUT2D eigenvalue weighted by Crippen LogP contribution is 2.30. The van der Waals surface area contributed by atoms with Crippen molar-refractivity contribution in [1.29, 1.82) is 0 Å². The Bertz CT molecular complexity index is 544. The van der Waals surface area contributed by atoms with E-state index in [1.54, 1.807) is 18.2 Å². The summed E-state index contributed by atoms with van der Waals surface area (Å²) in [6.07, 6.45) is 2.53. The van der Waals surface area contributed by atoms with Crippen LogP contribution in [0.3, 0.4) is 0 Å². The fourth-order valence-electron chi connectivity index (χ4n) is 2.32. The fraction of sp³-hybridized carbons (Fsp3) is 0.385. The van der Waals surface area contributed by atoms with Crippen LogP contribution in [-0.2, 0) is 4.79 Å². The molecule has 1 fully saturated rings. The lowest BCUT2D eigenvalue weighted by Gasteiger charge is -2.25. The number of halogens is 2. The smallest absolute Gasteiger partial charge is 0.329 e. The molecular weight excluding hydrogens is 348 g/mol. The highest BCUT2D eigenvalue weighted by atomic mass is 79.9. The van der Waals surface area contributed by atoms with Crippen LogP contribution in [-0.4, -0.2) is 22.6 Å². The van der Waals surface area contributed by atoms with E-state index >= 15 is 0 Å². The Balaban J connectivity index is 2.04. The quantitative estimate of drug-likeness (QED) is 0.769. The van der Waals surface area contributed by atoms with Crippen LogP contribution >= 0.6 is 27.5 Å². The molecule has 5 nitrogen and oxygen atoms in total. The normalized spacial score (nSPS) is 16.7. The average Bonchev–Trinajstić information content (AvgIpc) is 2.83. The minimum Gasteiger partial charge on any atom is -0.480 e. The van der Waals surface area contributed by atoms with Gasteiger partial charge in [0.1, 0.15) is 5.54 Å². The van der Waals surface area contributed by atoms with E-state index in [1.165, 1.54) is 0 Å². The van der Waals surface area contributed by atoms with Crippen molar-refractivity contribution in [2.45, 2.75) is 31.2 Å². The number of amides is 2. The van der Waals surface area contributed by atoms with Gasteiger partial charge in [0.2, 0.25) is 0 Å². The van der Waals surface area contributed by atoms with Crippen molar-refractivity contribution in [3.63, 3.8) is 0 Å². The number of carboxylic acid groups (broad SMARTS) is 1. The van der Waals surface area contributed by atoms with E-state index in [1.807, 2.05) is 0 Å².